The minimum absolute atomic E-state index is 0.275. The number of nitrogens with zero attached hydrogens (tertiary/aromatic N) is 3. The minimum atomic E-state index is 0.275. The molecule has 3 rings (SSSR count). The van der Waals surface area contributed by atoms with E-state index in [0.717, 1.165) is 12.0 Å². The lowest BCUT2D eigenvalue weighted by molar-refractivity contribution is 0.112. The van der Waals surface area contributed by atoms with Gasteiger partial charge in [0.15, 0.2) is 0 Å². The van der Waals surface area contributed by atoms with Crippen LogP contribution in [0.25, 0.3) is 0 Å². The van der Waals surface area contributed by atoms with Crippen molar-refractivity contribution in [3.8, 4) is 17.5 Å². The minimum Gasteiger partial charge on any atom is -0.473 e. The van der Waals surface area contributed by atoms with Crippen molar-refractivity contribution >= 4 is 6.29 Å². The maximum Gasteiger partial charge on any atom is 0.283 e. The highest BCUT2D eigenvalue weighted by atomic mass is 16.5. The molecule has 0 unspecified atom stereocenters. The third-order valence-corrected chi connectivity index (χ3v) is 3.19. The Labute approximate surface area is 139 Å². The van der Waals surface area contributed by atoms with E-state index in [9.17, 15) is 4.79 Å². The first kappa shape index (κ1) is 15.6. The van der Waals surface area contributed by atoms with Gasteiger partial charge in [-0.05, 0) is 36.4 Å². The Morgan fingerprint density at radius 2 is 1.67 bits per heavy atom. The van der Waals surface area contributed by atoms with Gasteiger partial charge in [0, 0.05) is 36.3 Å². The summed E-state index contributed by atoms with van der Waals surface area (Å²) in [5.41, 5.74) is 1.52. The molecule has 6 nitrogen and oxygen atoms in total. The molecule has 120 valence electrons. The molecule has 1 aromatic carbocycles. The topological polar surface area (TPSA) is 74.2 Å². The Morgan fingerprint density at radius 3 is 2.38 bits per heavy atom. The number of ether oxygens (including phenoxy) is 2. The van der Waals surface area contributed by atoms with Crippen LogP contribution in [0.1, 0.15) is 16.1 Å². The van der Waals surface area contributed by atoms with Crippen molar-refractivity contribution in [2.45, 2.75) is 6.42 Å². The van der Waals surface area contributed by atoms with Crippen LogP contribution in [-0.4, -0.2) is 27.8 Å². The highest BCUT2D eigenvalue weighted by molar-refractivity contribution is 5.74. The van der Waals surface area contributed by atoms with Crippen LogP contribution in [0.3, 0.4) is 0 Å². The largest absolute Gasteiger partial charge is 0.473 e. The summed E-state index contributed by atoms with van der Waals surface area (Å²) in [4.78, 5) is 23.2. The Morgan fingerprint density at radius 1 is 0.875 bits per heavy atom. The smallest absolute Gasteiger partial charge is 0.283 e. The van der Waals surface area contributed by atoms with Gasteiger partial charge in [-0.2, -0.15) is 0 Å². The SMILES string of the molecule is O=Cc1ccc(Oc2nccnc2OCCc2ccccn2)cc1. The fraction of sp³-hybridized carbons (Fsp3) is 0.111. The number of carbonyl (C=O) groups is 1. The predicted octanol–water partition coefficient (Wildman–Crippen LogP) is 3.10. The summed E-state index contributed by atoms with van der Waals surface area (Å²) in [7, 11) is 0. The summed E-state index contributed by atoms with van der Waals surface area (Å²) in [5.74, 6) is 1.14. The van der Waals surface area contributed by atoms with Gasteiger partial charge in [0.1, 0.15) is 12.0 Å². The molecule has 0 saturated carbocycles. The van der Waals surface area contributed by atoms with Crippen LogP contribution in [0.15, 0.2) is 61.1 Å². The molecule has 0 N–H and O–H groups in total. The number of aldehydes is 1. The second-order valence-electron chi connectivity index (χ2n) is 4.88. The maximum atomic E-state index is 10.7. The third kappa shape index (κ3) is 4.13. The molecule has 24 heavy (non-hydrogen) atoms. The van der Waals surface area contributed by atoms with Gasteiger partial charge in [0.25, 0.3) is 11.8 Å². The summed E-state index contributed by atoms with van der Waals surface area (Å²) < 4.78 is 11.3. The zero-order valence-corrected chi connectivity index (χ0v) is 12.8. The third-order valence-electron chi connectivity index (χ3n) is 3.19. The molecule has 0 aliphatic heterocycles. The number of hydrogen-bond acceptors (Lipinski definition) is 6. The first-order chi connectivity index (χ1) is 11.8. The average molecular weight is 321 g/mol. The lowest BCUT2D eigenvalue weighted by Gasteiger charge is -2.10. The van der Waals surface area contributed by atoms with E-state index in [0.29, 0.717) is 30.2 Å². The Bertz CT molecular complexity index is 792. The van der Waals surface area contributed by atoms with Crippen molar-refractivity contribution in [1.29, 1.82) is 0 Å². The Kier molecular flexibility index (Phi) is 5.09. The van der Waals surface area contributed by atoms with Crippen LogP contribution in [0.4, 0.5) is 0 Å². The van der Waals surface area contributed by atoms with Crippen LogP contribution in [-0.2, 0) is 6.42 Å². The van der Waals surface area contributed by atoms with E-state index in [1.807, 2.05) is 18.2 Å². The number of pyridine rings is 1. The molecule has 0 aliphatic carbocycles. The Balaban J connectivity index is 1.64. The molecular weight excluding hydrogens is 306 g/mol. The van der Waals surface area contributed by atoms with Crippen LogP contribution < -0.4 is 9.47 Å². The van der Waals surface area contributed by atoms with Crippen LogP contribution in [0.2, 0.25) is 0 Å². The van der Waals surface area contributed by atoms with E-state index >= 15 is 0 Å². The average Bonchev–Trinajstić information content (AvgIpc) is 2.65. The molecule has 0 saturated heterocycles. The number of hydrogen-bond donors (Lipinski definition) is 0. The quantitative estimate of drug-likeness (QED) is 0.623. The first-order valence-corrected chi connectivity index (χ1v) is 7.42. The highest BCUT2D eigenvalue weighted by Gasteiger charge is 2.09. The molecule has 0 spiro atoms. The summed E-state index contributed by atoms with van der Waals surface area (Å²) in [5, 5.41) is 0. The molecule has 0 fully saturated rings. The Hall–Kier alpha value is -3.28. The first-order valence-electron chi connectivity index (χ1n) is 7.42. The number of aromatic nitrogens is 3. The van der Waals surface area contributed by atoms with Gasteiger partial charge in [0.2, 0.25) is 0 Å². The molecule has 6 heteroatoms. The van der Waals surface area contributed by atoms with Crippen LogP contribution in [0.5, 0.6) is 17.5 Å². The zero-order valence-electron chi connectivity index (χ0n) is 12.8. The van der Waals surface area contributed by atoms with Gasteiger partial charge in [-0.1, -0.05) is 6.07 Å². The molecule has 0 amide bonds. The molecule has 0 radical (unpaired) electrons. The van der Waals surface area contributed by atoms with Crippen LogP contribution in [0, 0.1) is 0 Å². The van der Waals surface area contributed by atoms with Gasteiger partial charge in [0.05, 0.1) is 6.61 Å². The van der Waals surface area contributed by atoms with Gasteiger partial charge in [-0.25, -0.2) is 9.97 Å². The van der Waals surface area contributed by atoms with Crippen LogP contribution >= 0.6 is 0 Å². The highest BCUT2D eigenvalue weighted by Crippen LogP contribution is 2.26. The number of benzene rings is 1. The van der Waals surface area contributed by atoms with Crippen molar-refractivity contribution in [2.24, 2.45) is 0 Å². The monoisotopic (exact) mass is 321 g/mol. The van der Waals surface area contributed by atoms with Crippen molar-refractivity contribution in [3.05, 3.63) is 72.3 Å². The molecule has 0 bridgehead atoms. The molecule has 0 aliphatic rings. The van der Waals surface area contributed by atoms with Crippen molar-refractivity contribution in [1.82, 2.24) is 15.0 Å². The van der Waals surface area contributed by atoms with Crippen molar-refractivity contribution < 1.29 is 14.3 Å². The van der Waals surface area contributed by atoms with Gasteiger partial charge >= 0.3 is 0 Å². The van der Waals surface area contributed by atoms with E-state index in [2.05, 4.69) is 15.0 Å². The van der Waals surface area contributed by atoms with Gasteiger partial charge < -0.3 is 9.47 Å². The maximum absolute atomic E-state index is 10.7. The lowest BCUT2D eigenvalue weighted by Crippen LogP contribution is -2.05. The summed E-state index contributed by atoms with van der Waals surface area (Å²) in [6, 6.07) is 12.5. The molecule has 3 aromatic rings. The van der Waals surface area contributed by atoms with E-state index in [1.54, 1.807) is 36.7 Å². The summed E-state index contributed by atoms with van der Waals surface area (Å²) >= 11 is 0. The normalized spacial score (nSPS) is 10.2. The van der Waals surface area contributed by atoms with Gasteiger partial charge in [-0.3, -0.25) is 9.78 Å². The molecule has 2 aromatic heterocycles. The summed E-state index contributed by atoms with van der Waals surface area (Å²) in [6.45, 7) is 0.413. The number of rotatable bonds is 7. The molecule has 2 heterocycles. The van der Waals surface area contributed by atoms with E-state index < -0.39 is 0 Å². The summed E-state index contributed by atoms with van der Waals surface area (Å²) in [6.07, 6.45) is 6.25. The fourth-order valence-corrected chi connectivity index (χ4v) is 2.01. The van der Waals surface area contributed by atoms with E-state index in [1.165, 1.54) is 6.20 Å². The molecular formula is C18H15N3O3. The fourth-order valence-electron chi connectivity index (χ4n) is 2.01. The second-order valence-corrected chi connectivity index (χ2v) is 4.88. The van der Waals surface area contributed by atoms with Crippen molar-refractivity contribution in [2.75, 3.05) is 6.61 Å². The lowest BCUT2D eigenvalue weighted by atomic mass is 10.2. The molecule has 0 atom stereocenters. The van der Waals surface area contributed by atoms with Gasteiger partial charge in [-0.15, -0.1) is 0 Å². The predicted molar refractivity (Wildman–Crippen MR) is 87.4 cm³/mol. The zero-order chi connectivity index (χ0) is 16.6. The second kappa shape index (κ2) is 7.82. The number of carbonyl (C=O) groups excluding carboxylic acids is 1. The van der Waals surface area contributed by atoms with Crippen molar-refractivity contribution in [3.63, 3.8) is 0 Å². The standard InChI is InChI=1S/C18H15N3O3/c22-13-14-4-6-16(7-5-14)24-18-17(20-10-11-21-18)23-12-8-15-3-1-2-9-19-15/h1-7,9-11,13H,8,12H2. The van der Waals surface area contributed by atoms with E-state index in [-0.39, 0.29) is 5.88 Å². The van der Waals surface area contributed by atoms with E-state index in [4.69, 9.17) is 9.47 Å².